The number of hydrogen-bond donors (Lipinski definition) is 0. The Kier molecular flexibility index (Phi) is 12.4. The van der Waals surface area contributed by atoms with Gasteiger partial charge < -0.3 is 4.74 Å². The summed E-state index contributed by atoms with van der Waals surface area (Å²) in [5.74, 6) is -56.6. The Hall–Kier alpha value is -2.97. The zero-order chi connectivity index (χ0) is 37.0. The minimum atomic E-state index is -8.61. The first-order chi connectivity index (χ1) is 21.7. The second-order valence-corrected chi connectivity index (χ2v) is 10.9. The number of unbranched alkanes of at least 4 members (excludes halogenated alkanes) is 8. The fourth-order valence-electron chi connectivity index (χ4n) is 4.35. The molecule has 0 fully saturated rings. The van der Waals surface area contributed by atoms with E-state index in [1.165, 1.54) is 6.08 Å². The van der Waals surface area contributed by atoms with E-state index in [-0.39, 0.29) is 25.9 Å². The number of hydrogen-bond acceptors (Lipinski definition) is 5. The summed E-state index contributed by atoms with van der Waals surface area (Å²) in [5, 5.41) is 11.0. The number of halogens is 17. The second kappa shape index (κ2) is 14.5. The molecule has 0 N–H and O–H groups in total. The fraction of sp³-hybridized carbons (Fsp3) is 0.769. The monoisotopic (exact) mass is 735 g/mol. The molecule has 0 saturated carbocycles. The normalized spacial score (nSPS) is 16.8. The van der Waals surface area contributed by atoms with Gasteiger partial charge in [0.15, 0.2) is 0 Å². The second-order valence-electron chi connectivity index (χ2n) is 10.9. The molecule has 0 unspecified atom stereocenters. The van der Waals surface area contributed by atoms with E-state index >= 15 is 0 Å². The van der Waals surface area contributed by atoms with Crippen LogP contribution in [0.25, 0.3) is 0 Å². The van der Waals surface area contributed by atoms with E-state index in [9.17, 15) is 79.4 Å². The zero-order valence-corrected chi connectivity index (χ0v) is 24.2. The maximum Gasteiger partial charge on any atom is 0.460 e. The molecule has 22 heteroatoms. The van der Waals surface area contributed by atoms with Gasteiger partial charge in [-0.2, -0.15) is 74.6 Å². The number of esters is 1. The van der Waals surface area contributed by atoms with Gasteiger partial charge in [0, 0.05) is 18.4 Å². The Balaban J connectivity index is 1.76. The highest BCUT2D eigenvalue weighted by atomic mass is 19.4. The van der Waals surface area contributed by atoms with E-state index in [0.29, 0.717) is 49.1 Å². The van der Waals surface area contributed by atoms with E-state index in [2.05, 4.69) is 15.4 Å². The molecule has 1 heterocycles. The van der Waals surface area contributed by atoms with Crippen molar-refractivity contribution in [1.82, 2.24) is 0 Å². The number of ether oxygens (including phenoxy) is 1. The van der Waals surface area contributed by atoms with Gasteiger partial charge in [-0.1, -0.05) is 44.9 Å². The van der Waals surface area contributed by atoms with Crippen molar-refractivity contribution in [3.63, 3.8) is 0 Å². The van der Waals surface area contributed by atoms with Crippen LogP contribution in [0.5, 0.6) is 0 Å². The van der Waals surface area contributed by atoms with E-state index < -0.39 is 72.9 Å². The standard InChI is InChI=1S/C26H26F17N3O2/c27-19(28,20(29,30)21(31,32)22(33,34)23(35,36)24(37,38)25(39,40)26(41,42)43)12-8-6-4-2-1-3-5-7-9-13-48-18(47)15-10-11-16-17(14-15)45-46-44-16/h10-11H,1-9,12-14H2. The van der Waals surface area contributed by atoms with Gasteiger partial charge in [0.2, 0.25) is 0 Å². The average molecular weight is 735 g/mol. The molecular formula is C26H26F17N3O2. The van der Waals surface area contributed by atoms with Crippen molar-refractivity contribution in [3.8, 4) is 0 Å². The Labute approximate surface area is 260 Å². The number of carbonyl (C=O) groups excluding carboxylic acids is 1. The van der Waals surface area contributed by atoms with E-state index in [0.717, 1.165) is 0 Å². The Morgan fingerprint density at radius 3 is 1.52 bits per heavy atom. The van der Waals surface area contributed by atoms with Gasteiger partial charge in [-0.3, -0.25) is 0 Å². The van der Waals surface area contributed by atoms with Crippen molar-refractivity contribution in [2.75, 3.05) is 6.61 Å². The zero-order valence-electron chi connectivity index (χ0n) is 24.2. The van der Waals surface area contributed by atoms with Crippen molar-refractivity contribution in [1.29, 1.82) is 0 Å². The largest absolute Gasteiger partial charge is 0.462 e. The number of allylic oxidation sites excluding steroid dienone is 3. The highest BCUT2D eigenvalue weighted by Gasteiger charge is 2.95. The summed E-state index contributed by atoms with van der Waals surface area (Å²) in [6.45, 7) is 0.0951. The van der Waals surface area contributed by atoms with Gasteiger partial charge in [0.25, 0.3) is 0 Å². The molecule has 0 saturated heterocycles. The van der Waals surface area contributed by atoms with Gasteiger partial charge in [-0.15, -0.1) is 10.2 Å². The number of nitrogens with zero attached hydrogens (tertiary/aromatic N) is 3. The third-order valence-corrected chi connectivity index (χ3v) is 7.33. The lowest BCUT2D eigenvalue weighted by Gasteiger charge is -2.42. The Bertz CT molecular complexity index is 1270. The van der Waals surface area contributed by atoms with Crippen LogP contribution in [-0.2, 0) is 9.53 Å². The van der Waals surface area contributed by atoms with E-state index in [1.807, 2.05) is 0 Å². The van der Waals surface area contributed by atoms with Gasteiger partial charge >= 0.3 is 53.6 Å². The van der Waals surface area contributed by atoms with Crippen LogP contribution in [0.1, 0.15) is 70.6 Å². The molecule has 0 aromatic carbocycles. The average Bonchev–Trinajstić information content (AvgIpc) is 3.44. The summed E-state index contributed by atoms with van der Waals surface area (Å²) < 4.78 is 232. The summed E-state index contributed by atoms with van der Waals surface area (Å²) in [6, 6.07) is 0. The third-order valence-electron chi connectivity index (χ3n) is 7.33. The first-order valence-corrected chi connectivity index (χ1v) is 14.0. The first-order valence-electron chi connectivity index (χ1n) is 14.0. The molecule has 2 rings (SSSR count). The van der Waals surface area contributed by atoms with Crippen LogP contribution in [0, 0.1) is 0 Å². The van der Waals surface area contributed by atoms with E-state index in [4.69, 9.17) is 4.74 Å². The lowest BCUT2D eigenvalue weighted by Crippen LogP contribution is -2.74. The molecule has 2 aliphatic rings. The van der Waals surface area contributed by atoms with Crippen molar-refractivity contribution < 1.29 is 84.2 Å². The highest BCUT2D eigenvalue weighted by Crippen LogP contribution is 2.64. The van der Waals surface area contributed by atoms with Gasteiger partial charge in [0.1, 0.15) is 5.70 Å². The van der Waals surface area contributed by atoms with Gasteiger partial charge in [-0.05, 0) is 30.2 Å². The summed E-state index contributed by atoms with van der Waals surface area (Å²) >= 11 is 0. The quantitative estimate of drug-likeness (QED) is 0.0753. The molecule has 5 nitrogen and oxygen atoms in total. The molecule has 0 radical (unpaired) electrons. The maximum absolute atomic E-state index is 13.9. The third kappa shape index (κ3) is 7.75. The van der Waals surface area contributed by atoms with Crippen LogP contribution in [0.2, 0.25) is 0 Å². The molecule has 0 bridgehead atoms. The minimum absolute atomic E-state index is 0.000239. The molecule has 48 heavy (non-hydrogen) atoms. The lowest BCUT2D eigenvalue weighted by molar-refractivity contribution is -0.461. The number of alkyl halides is 17. The molecule has 0 atom stereocenters. The lowest BCUT2D eigenvalue weighted by atomic mass is 9.87. The first kappa shape index (κ1) is 41.2. The van der Waals surface area contributed by atoms with Crippen molar-refractivity contribution in [2.45, 2.75) is 118 Å². The minimum Gasteiger partial charge on any atom is -0.462 e. The summed E-state index contributed by atoms with van der Waals surface area (Å²) in [4.78, 5) is 12.1. The number of carbonyl (C=O) groups is 1. The van der Waals surface area contributed by atoms with E-state index in [1.54, 1.807) is 6.08 Å². The maximum atomic E-state index is 13.9. The van der Waals surface area contributed by atoms with Crippen molar-refractivity contribution in [3.05, 3.63) is 23.4 Å². The number of fused-ring (bicyclic) bond motifs is 1. The molecule has 276 valence electrons. The topological polar surface area (TPSA) is 63.4 Å². The van der Waals surface area contributed by atoms with Crippen LogP contribution in [0.15, 0.2) is 38.9 Å². The summed E-state index contributed by atoms with van der Waals surface area (Å²) in [6.07, 6.45) is -5.43. The molecular weight excluding hydrogens is 709 g/mol. The summed E-state index contributed by atoms with van der Waals surface area (Å²) in [5.41, 5.74) is 1.43. The molecule has 0 aromatic heterocycles. The Morgan fingerprint density at radius 1 is 0.583 bits per heavy atom. The Morgan fingerprint density at radius 2 is 1.02 bits per heavy atom. The summed E-state index contributed by atoms with van der Waals surface area (Å²) in [7, 11) is 0. The smallest absolute Gasteiger partial charge is 0.460 e. The van der Waals surface area contributed by atoms with Crippen LogP contribution < -0.4 is 0 Å². The molecule has 0 amide bonds. The molecule has 1 aliphatic heterocycles. The van der Waals surface area contributed by atoms with Crippen LogP contribution in [-0.4, -0.2) is 65.9 Å². The predicted molar refractivity (Wildman–Crippen MR) is 131 cm³/mol. The number of rotatable bonds is 19. The van der Waals surface area contributed by atoms with Crippen LogP contribution in [0.4, 0.5) is 74.6 Å². The predicted octanol–water partition coefficient (Wildman–Crippen LogP) is 10.5. The highest BCUT2D eigenvalue weighted by molar-refractivity contribution is 6.08. The molecule has 1 aliphatic carbocycles. The molecule has 0 aromatic rings. The SMILES string of the molecule is O=C(OCCCCCCCCCCCC(F)(F)C(F)(F)C(F)(F)C(F)(F)C(F)(F)C(F)(F)C(F)(F)C(F)(F)F)C1=CC=C2N=NN=C2C1. The fourth-order valence-corrected chi connectivity index (χ4v) is 4.35. The van der Waals surface area contributed by atoms with Crippen molar-refractivity contribution >= 4 is 11.7 Å². The van der Waals surface area contributed by atoms with Gasteiger partial charge in [-0.25, -0.2) is 4.79 Å². The molecule has 0 spiro atoms. The van der Waals surface area contributed by atoms with Crippen molar-refractivity contribution in [2.24, 2.45) is 15.4 Å². The van der Waals surface area contributed by atoms with Gasteiger partial charge in [0.05, 0.1) is 12.3 Å². The van der Waals surface area contributed by atoms with Crippen LogP contribution in [0.3, 0.4) is 0 Å². The van der Waals surface area contributed by atoms with Crippen LogP contribution >= 0.6 is 0 Å².